The molecule has 0 spiro atoms. The van der Waals surface area contributed by atoms with Gasteiger partial charge in [0.15, 0.2) is 5.78 Å². The SMILES string of the molecule is CC(CC(=O)c1ncnc(N)c1Cl)c1cc(C(=O)Nc2ccc(F)c(C(F)(F)F)c2)on1. The first-order valence-electron chi connectivity index (χ1n) is 8.91. The van der Waals surface area contributed by atoms with E-state index >= 15 is 0 Å². The van der Waals surface area contributed by atoms with Crippen LogP contribution in [0.4, 0.5) is 29.1 Å². The van der Waals surface area contributed by atoms with E-state index in [9.17, 15) is 27.2 Å². The monoisotopic (exact) mass is 471 g/mol. The van der Waals surface area contributed by atoms with Crippen LogP contribution in [0.1, 0.15) is 51.6 Å². The predicted octanol–water partition coefficient (Wildman–Crippen LogP) is 4.49. The number of aromatic nitrogens is 3. The highest BCUT2D eigenvalue weighted by Gasteiger charge is 2.34. The van der Waals surface area contributed by atoms with E-state index in [2.05, 4.69) is 20.4 Å². The maximum absolute atomic E-state index is 13.4. The minimum atomic E-state index is -4.93. The summed E-state index contributed by atoms with van der Waals surface area (Å²) in [5, 5.41) is 5.81. The molecule has 1 amide bonds. The number of hydrogen-bond donors (Lipinski definition) is 2. The van der Waals surface area contributed by atoms with Crippen LogP contribution in [0.5, 0.6) is 0 Å². The van der Waals surface area contributed by atoms with Crippen LogP contribution in [0.25, 0.3) is 0 Å². The largest absolute Gasteiger partial charge is 0.419 e. The van der Waals surface area contributed by atoms with Gasteiger partial charge in [-0.1, -0.05) is 23.7 Å². The van der Waals surface area contributed by atoms with Crippen molar-refractivity contribution >= 4 is 34.8 Å². The highest BCUT2D eigenvalue weighted by atomic mass is 35.5. The van der Waals surface area contributed by atoms with Gasteiger partial charge >= 0.3 is 6.18 Å². The Morgan fingerprint density at radius 3 is 2.66 bits per heavy atom. The van der Waals surface area contributed by atoms with E-state index in [-0.39, 0.29) is 40.1 Å². The number of nitrogens with two attached hydrogens (primary N) is 1. The molecule has 1 atom stereocenters. The van der Waals surface area contributed by atoms with E-state index in [4.69, 9.17) is 21.9 Å². The molecule has 1 unspecified atom stereocenters. The molecular formula is C19H14ClF4N5O3. The number of ketones is 1. The quantitative estimate of drug-likeness (QED) is 0.401. The zero-order valence-corrected chi connectivity index (χ0v) is 17.0. The fourth-order valence-electron chi connectivity index (χ4n) is 2.70. The summed E-state index contributed by atoms with van der Waals surface area (Å²) in [4.78, 5) is 32.2. The molecule has 0 saturated heterocycles. The highest BCUT2D eigenvalue weighted by molar-refractivity contribution is 6.35. The van der Waals surface area contributed by atoms with Gasteiger partial charge < -0.3 is 15.6 Å². The Hall–Kier alpha value is -3.54. The molecule has 0 bridgehead atoms. The van der Waals surface area contributed by atoms with Crippen LogP contribution < -0.4 is 11.1 Å². The minimum absolute atomic E-state index is 0.0486. The molecule has 32 heavy (non-hydrogen) atoms. The van der Waals surface area contributed by atoms with Crippen molar-refractivity contribution in [1.29, 1.82) is 0 Å². The Labute approximate surface area is 182 Å². The molecule has 3 rings (SSSR count). The maximum atomic E-state index is 13.4. The molecule has 0 radical (unpaired) electrons. The molecule has 3 aromatic rings. The zero-order chi connectivity index (χ0) is 23.6. The second-order valence-corrected chi connectivity index (χ2v) is 7.09. The number of nitrogens with zero attached hydrogens (tertiary/aromatic N) is 3. The first-order valence-corrected chi connectivity index (χ1v) is 9.29. The van der Waals surface area contributed by atoms with Crippen LogP contribution in [0.15, 0.2) is 35.1 Å². The number of rotatable bonds is 6. The summed E-state index contributed by atoms with van der Waals surface area (Å²) in [5.41, 5.74) is 3.90. The number of halogens is 5. The maximum Gasteiger partial charge on any atom is 0.419 e. The summed E-state index contributed by atoms with van der Waals surface area (Å²) >= 11 is 5.94. The van der Waals surface area contributed by atoms with Gasteiger partial charge in [-0.25, -0.2) is 14.4 Å². The van der Waals surface area contributed by atoms with Crippen LogP contribution in [-0.2, 0) is 6.18 Å². The van der Waals surface area contributed by atoms with Crippen molar-refractivity contribution in [3.05, 3.63) is 64.1 Å². The van der Waals surface area contributed by atoms with Gasteiger partial charge in [-0.05, 0) is 18.2 Å². The lowest BCUT2D eigenvalue weighted by molar-refractivity contribution is -0.139. The molecule has 0 aliphatic heterocycles. The van der Waals surface area contributed by atoms with Gasteiger partial charge in [0.05, 0.1) is 11.3 Å². The van der Waals surface area contributed by atoms with Crippen molar-refractivity contribution in [3.8, 4) is 0 Å². The average Bonchev–Trinajstić information content (AvgIpc) is 3.21. The van der Waals surface area contributed by atoms with Crippen LogP contribution in [0.2, 0.25) is 5.02 Å². The highest BCUT2D eigenvalue weighted by Crippen LogP contribution is 2.33. The molecule has 0 saturated carbocycles. The third-order valence-electron chi connectivity index (χ3n) is 4.36. The molecule has 0 aliphatic carbocycles. The molecule has 1 aromatic carbocycles. The van der Waals surface area contributed by atoms with Crippen LogP contribution >= 0.6 is 11.6 Å². The van der Waals surface area contributed by atoms with E-state index < -0.39 is 35.2 Å². The van der Waals surface area contributed by atoms with Crippen molar-refractivity contribution in [2.75, 3.05) is 11.1 Å². The number of carbonyl (C=O) groups is 2. The second-order valence-electron chi connectivity index (χ2n) is 6.71. The molecule has 2 aromatic heterocycles. The van der Waals surface area contributed by atoms with E-state index in [1.165, 1.54) is 6.07 Å². The van der Waals surface area contributed by atoms with Gasteiger partial charge in [0.1, 0.15) is 28.7 Å². The van der Waals surface area contributed by atoms with Crippen LogP contribution in [-0.4, -0.2) is 26.8 Å². The van der Waals surface area contributed by atoms with Gasteiger partial charge in [-0.2, -0.15) is 13.2 Å². The number of Topliss-reactive ketones (excluding diaryl/α,β-unsaturated/α-hetero) is 1. The number of hydrogen-bond acceptors (Lipinski definition) is 7. The van der Waals surface area contributed by atoms with E-state index in [0.717, 1.165) is 12.4 Å². The summed E-state index contributed by atoms with van der Waals surface area (Å²) in [6, 6.07) is 3.25. The fourth-order valence-corrected chi connectivity index (χ4v) is 2.90. The molecule has 8 nitrogen and oxygen atoms in total. The summed E-state index contributed by atoms with van der Waals surface area (Å²) in [7, 11) is 0. The normalized spacial score (nSPS) is 12.4. The van der Waals surface area contributed by atoms with Crippen molar-refractivity contribution in [2.24, 2.45) is 0 Å². The Morgan fingerprint density at radius 2 is 1.97 bits per heavy atom. The number of anilines is 2. The zero-order valence-electron chi connectivity index (χ0n) is 16.2. The number of carbonyl (C=O) groups excluding carboxylic acids is 2. The smallest absolute Gasteiger partial charge is 0.382 e. The number of amides is 1. The van der Waals surface area contributed by atoms with Crippen LogP contribution in [0, 0.1) is 5.82 Å². The van der Waals surface area contributed by atoms with E-state index in [1.807, 2.05) is 0 Å². The lowest BCUT2D eigenvalue weighted by atomic mass is 9.99. The summed E-state index contributed by atoms with van der Waals surface area (Å²) in [6.45, 7) is 1.63. The number of alkyl halides is 3. The molecular weight excluding hydrogens is 458 g/mol. The summed E-state index contributed by atoms with van der Waals surface area (Å²) in [6.07, 6.45) is -3.93. The third-order valence-corrected chi connectivity index (χ3v) is 4.73. The summed E-state index contributed by atoms with van der Waals surface area (Å²) < 4.78 is 56.8. The molecule has 0 aliphatic rings. The molecule has 13 heteroatoms. The number of nitrogen functional groups attached to an aromatic ring is 1. The molecule has 2 heterocycles. The Bertz CT molecular complexity index is 1180. The minimum Gasteiger partial charge on any atom is -0.382 e. The summed E-state index contributed by atoms with van der Waals surface area (Å²) in [5.74, 6) is -3.72. The van der Waals surface area contributed by atoms with Gasteiger partial charge in [-0.3, -0.25) is 9.59 Å². The number of benzene rings is 1. The second kappa shape index (κ2) is 8.91. The average molecular weight is 472 g/mol. The predicted molar refractivity (Wildman–Crippen MR) is 105 cm³/mol. The first kappa shape index (κ1) is 23.1. The van der Waals surface area contributed by atoms with E-state index in [0.29, 0.717) is 12.1 Å². The van der Waals surface area contributed by atoms with Gasteiger partial charge in [0.25, 0.3) is 5.91 Å². The first-order chi connectivity index (χ1) is 15.0. The van der Waals surface area contributed by atoms with Gasteiger partial charge in [0.2, 0.25) is 5.76 Å². The van der Waals surface area contributed by atoms with Crippen molar-refractivity contribution in [1.82, 2.24) is 15.1 Å². The molecule has 0 fully saturated rings. The fraction of sp³-hybridized carbons (Fsp3) is 0.211. The van der Waals surface area contributed by atoms with Crippen LogP contribution in [0.3, 0.4) is 0 Å². The molecule has 168 valence electrons. The van der Waals surface area contributed by atoms with E-state index in [1.54, 1.807) is 6.92 Å². The lowest BCUT2D eigenvalue weighted by Gasteiger charge is -2.10. The topological polar surface area (TPSA) is 124 Å². The van der Waals surface area contributed by atoms with Crippen molar-refractivity contribution in [2.45, 2.75) is 25.4 Å². The number of nitrogens with one attached hydrogen (secondary N) is 1. The lowest BCUT2D eigenvalue weighted by Crippen LogP contribution is -2.13. The van der Waals surface area contributed by atoms with Gasteiger partial charge in [0, 0.05) is 24.1 Å². The molecule has 3 N–H and O–H groups in total. The van der Waals surface area contributed by atoms with Crippen molar-refractivity contribution < 1.29 is 31.7 Å². The Kier molecular flexibility index (Phi) is 6.44. The third kappa shape index (κ3) is 5.02. The Balaban J connectivity index is 1.70. The van der Waals surface area contributed by atoms with Crippen molar-refractivity contribution in [3.63, 3.8) is 0 Å². The standard InChI is InChI=1S/C19H14ClF4N5O3/c1-8(4-13(30)16-15(20)17(25)27-7-26-16)12-6-14(32-29-12)18(31)28-9-2-3-11(21)10(5-9)19(22,23)24/h2-3,5-8H,4H2,1H3,(H,28,31)(H2,25,26,27). The van der Waals surface area contributed by atoms with Gasteiger partial charge in [-0.15, -0.1) is 0 Å². The Morgan fingerprint density at radius 1 is 1.25 bits per heavy atom.